The topological polar surface area (TPSA) is 102 Å². The Balaban J connectivity index is 1.46. The molecule has 38 heavy (non-hydrogen) atoms. The van der Waals surface area contributed by atoms with Crippen LogP contribution in [0.25, 0.3) is 0 Å². The van der Waals surface area contributed by atoms with E-state index in [4.69, 9.17) is 13.7 Å². The fraction of sp³-hybridized carbons (Fsp3) is 0.500. The summed E-state index contributed by atoms with van der Waals surface area (Å²) in [5.74, 6) is 0.0800. The van der Waals surface area contributed by atoms with Crippen molar-refractivity contribution in [2.45, 2.75) is 69.7 Å². The van der Waals surface area contributed by atoms with Crippen LogP contribution in [0.4, 0.5) is 9.59 Å². The summed E-state index contributed by atoms with van der Waals surface area (Å²) >= 11 is 0. The van der Waals surface area contributed by atoms with Crippen LogP contribution < -0.4 is 0 Å². The summed E-state index contributed by atoms with van der Waals surface area (Å²) in [4.78, 5) is 29.4. The third kappa shape index (κ3) is 6.85. The third-order valence-electron chi connectivity index (χ3n) is 6.84. The SMILES string of the molecule is Cc1ccc(S(=O)(=O)OCC2CC3CCN(C(=O)OCc4ccccc4)CC3N2C(=O)OC(C)(C)C)cc1. The molecule has 2 amide bonds. The van der Waals surface area contributed by atoms with E-state index in [0.717, 1.165) is 11.1 Å². The smallest absolute Gasteiger partial charge is 0.410 e. The van der Waals surface area contributed by atoms with E-state index in [1.54, 1.807) is 42.7 Å². The first-order chi connectivity index (χ1) is 17.9. The zero-order valence-corrected chi connectivity index (χ0v) is 23.1. The van der Waals surface area contributed by atoms with Gasteiger partial charge >= 0.3 is 12.2 Å². The number of piperidine rings is 1. The van der Waals surface area contributed by atoms with E-state index in [-0.39, 0.29) is 36.6 Å². The van der Waals surface area contributed by atoms with Gasteiger partial charge in [0.15, 0.2) is 0 Å². The molecule has 0 aliphatic carbocycles. The molecule has 0 N–H and O–H groups in total. The Labute approximate surface area is 224 Å². The molecule has 2 aliphatic rings. The Hall–Kier alpha value is -3.11. The Morgan fingerprint density at radius 1 is 1.00 bits per heavy atom. The average Bonchev–Trinajstić information content (AvgIpc) is 3.24. The highest BCUT2D eigenvalue weighted by atomic mass is 32.2. The van der Waals surface area contributed by atoms with Crippen molar-refractivity contribution in [2.75, 3.05) is 19.7 Å². The van der Waals surface area contributed by atoms with Gasteiger partial charge in [-0.2, -0.15) is 8.42 Å². The third-order valence-corrected chi connectivity index (χ3v) is 8.14. The van der Waals surface area contributed by atoms with Crippen molar-refractivity contribution in [1.29, 1.82) is 0 Å². The van der Waals surface area contributed by atoms with Gasteiger partial charge in [-0.15, -0.1) is 0 Å². The number of amides is 2. The van der Waals surface area contributed by atoms with Crippen molar-refractivity contribution in [2.24, 2.45) is 5.92 Å². The second-order valence-electron chi connectivity index (χ2n) is 10.9. The number of ether oxygens (including phenoxy) is 2. The Morgan fingerprint density at radius 2 is 1.68 bits per heavy atom. The van der Waals surface area contributed by atoms with Gasteiger partial charge in [-0.3, -0.25) is 9.08 Å². The molecule has 2 fully saturated rings. The normalized spacial score (nSPS) is 21.6. The van der Waals surface area contributed by atoms with Crippen molar-refractivity contribution in [1.82, 2.24) is 9.80 Å². The van der Waals surface area contributed by atoms with Crippen molar-refractivity contribution >= 4 is 22.3 Å². The predicted octanol–water partition coefficient (Wildman–Crippen LogP) is 4.74. The van der Waals surface area contributed by atoms with Crippen molar-refractivity contribution in [3.8, 4) is 0 Å². The number of rotatable bonds is 6. The fourth-order valence-corrected chi connectivity index (χ4v) is 5.91. The van der Waals surface area contributed by atoms with Gasteiger partial charge in [0.25, 0.3) is 10.1 Å². The molecule has 2 aromatic rings. The van der Waals surface area contributed by atoms with E-state index in [2.05, 4.69) is 0 Å². The van der Waals surface area contributed by atoms with Crippen LogP contribution in [0.1, 0.15) is 44.7 Å². The van der Waals surface area contributed by atoms with E-state index in [1.807, 2.05) is 37.3 Å². The molecule has 0 radical (unpaired) electrons. The standard InChI is InChI=1S/C28H36N2O7S/c1-20-10-12-24(13-11-20)38(33,34)36-19-23-16-22-14-15-29(26(31)35-18-21-8-6-5-7-9-21)17-25(22)30(23)27(32)37-28(2,3)4/h5-13,22-23,25H,14-19H2,1-4H3. The van der Waals surface area contributed by atoms with E-state index in [9.17, 15) is 18.0 Å². The fourth-order valence-electron chi connectivity index (χ4n) is 4.97. The Bertz CT molecular complexity index is 1230. The molecule has 3 unspecified atom stereocenters. The number of aryl methyl sites for hydroxylation is 1. The molecule has 0 spiro atoms. The lowest BCUT2D eigenvalue weighted by Gasteiger charge is -2.39. The second kappa shape index (κ2) is 11.3. The number of carbonyl (C=O) groups excluding carboxylic acids is 2. The molecule has 9 nitrogen and oxygen atoms in total. The molecule has 2 aromatic carbocycles. The zero-order valence-electron chi connectivity index (χ0n) is 22.3. The molecule has 206 valence electrons. The molecule has 0 aromatic heterocycles. The largest absolute Gasteiger partial charge is 0.445 e. The van der Waals surface area contributed by atoms with Crippen LogP contribution in [-0.2, 0) is 30.4 Å². The lowest BCUT2D eigenvalue weighted by Crippen LogP contribution is -2.54. The quantitative estimate of drug-likeness (QED) is 0.484. The highest BCUT2D eigenvalue weighted by molar-refractivity contribution is 7.86. The molecular weight excluding hydrogens is 508 g/mol. The maximum Gasteiger partial charge on any atom is 0.410 e. The number of hydrogen-bond donors (Lipinski definition) is 0. The van der Waals surface area contributed by atoms with Gasteiger partial charge in [0.1, 0.15) is 12.2 Å². The minimum Gasteiger partial charge on any atom is -0.445 e. The molecule has 0 bridgehead atoms. The molecule has 4 rings (SSSR count). The molecule has 0 saturated carbocycles. The monoisotopic (exact) mass is 544 g/mol. The van der Waals surface area contributed by atoms with Gasteiger partial charge in [-0.1, -0.05) is 48.0 Å². The van der Waals surface area contributed by atoms with Crippen LogP contribution in [0.5, 0.6) is 0 Å². The average molecular weight is 545 g/mol. The number of fused-ring (bicyclic) bond motifs is 1. The van der Waals surface area contributed by atoms with Crippen molar-refractivity contribution in [3.05, 3.63) is 65.7 Å². The van der Waals surface area contributed by atoms with Crippen LogP contribution in [0.2, 0.25) is 0 Å². The predicted molar refractivity (Wildman–Crippen MR) is 141 cm³/mol. The van der Waals surface area contributed by atoms with E-state index >= 15 is 0 Å². The molecule has 3 atom stereocenters. The Kier molecular flexibility index (Phi) is 8.32. The summed E-state index contributed by atoms with van der Waals surface area (Å²) in [7, 11) is -4.00. The zero-order chi connectivity index (χ0) is 27.5. The van der Waals surface area contributed by atoms with Crippen LogP contribution in [-0.4, -0.2) is 67.8 Å². The van der Waals surface area contributed by atoms with Crippen LogP contribution >= 0.6 is 0 Å². The first kappa shape index (κ1) is 27.9. The molecule has 2 saturated heterocycles. The molecule has 10 heteroatoms. The lowest BCUT2D eigenvalue weighted by molar-refractivity contribution is -0.000130. The van der Waals surface area contributed by atoms with Gasteiger partial charge < -0.3 is 14.4 Å². The van der Waals surface area contributed by atoms with Crippen LogP contribution in [0, 0.1) is 12.8 Å². The van der Waals surface area contributed by atoms with Gasteiger partial charge in [0.2, 0.25) is 0 Å². The van der Waals surface area contributed by atoms with E-state index < -0.39 is 33.9 Å². The molecule has 2 heterocycles. The molecular formula is C28H36N2O7S. The van der Waals surface area contributed by atoms with Crippen LogP contribution in [0.3, 0.4) is 0 Å². The van der Waals surface area contributed by atoms with Crippen LogP contribution in [0.15, 0.2) is 59.5 Å². The first-order valence-electron chi connectivity index (χ1n) is 12.9. The van der Waals surface area contributed by atoms with E-state index in [0.29, 0.717) is 19.4 Å². The second-order valence-corrected chi connectivity index (χ2v) is 12.5. The highest BCUT2D eigenvalue weighted by Gasteiger charge is 2.49. The minimum absolute atomic E-state index is 0.0645. The summed E-state index contributed by atoms with van der Waals surface area (Å²) in [6.45, 7) is 7.94. The summed E-state index contributed by atoms with van der Waals surface area (Å²) in [5, 5.41) is 0. The number of likely N-dealkylation sites (tertiary alicyclic amines) is 2. The van der Waals surface area contributed by atoms with Crippen molar-refractivity contribution in [3.63, 3.8) is 0 Å². The van der Waals surface area contributed by atoms with E-state index in [1.165, 1.54) is 12.1 Å². The highest BCUT2D eigenvalue weighted by Crippen LogP contribution is 2.37. The minimum atomic E-state index is -4.00. The summed E-state index contributed by atoms with van der Waals surface area (Å²) in [6.07, 6.45) is 0.218. The number of benzene rings is 2. The maximum atomic E-state index is 13.3. The Morgan fingerprint density at radius 3 is 2.34 bits per heavy atom. The maximum absolute atomic E-state index is 13.3. The molecule has 2 aliphatic heterocycles. The summed E-state index contributed by atoms with van der Waals surface area (Å²) < 4.78 is 42.3. The first-order valence-corrected chi connectivity index (χ1v) is 14.3. The number of nitrogens with zero attached hydrogens (tertiary/aromatic N) is 2. The summed E-state index contributed by atoms with van der Waals surface area (Å²) in [6, 6.07) is 15.0. The van der Waals surface area contributed by atoms with Gasteiger partial charge in [0.05, 0.1) is 23.6 Å². The number of carbonyl (C=O) groups is 2. The van der Waals surface area contributed by atoms with Gasteiger partial charge in [-0.05, 0) is 64.2 Å². The lowest BCUT2D eigenvalue weighted by atomic mass is 9.91. The summed E-state index contributed by atoms with van der Waals surface area (Å²) in [5.41, 5.74) is 1.09. The number of hydrogen-bond acceptors (Lipinski definition) is 7. The van der Waals surface area contributed by atoms with Crippen molar-refractivity contribution < 1.29 is 31.7 Å². The van der Waals surface area contributed by atoms with Gasteiger partial charge in [0, 0.05) is 13.1 Å². The van der Waals surface area contributed by atoms with Gasteiger partial charge in [-0.25, -0.2) is 9.59 Å².